The predicted octanol–water partition coefficient (Wildman–Crippen LogP) is 5.22. The largest absolute Gasteiger partial charge is 0.493 e. The van der Waals surface area contributed by atoms with Crippen molar-refractivity contribution in [2.45, 2.75) is 43.5 Å². The Morgan fingerprint density at radius 2 is 1.76 bits per heavy atom. The van der Waals surface area contributed by atoms with Crippen LogP contribution in [0.25, 0.3) is 10.8 Å². The van der Waals surface area contributed by atoms with E-state index in [0.717, 1.165) is 12.1 Å². The molecule has 4 nitrogen and oxygen atoms in total. The molecule has 33 heavy (non-hydrogen) atoms. The van der Waals surface area contributed by atoms with Crippen LogP contribution in [0.15, 0.2) is 54.6 Å². The summed E-state index contributed by atoms with van der Waals surface area (Å²) in [6, 6.07) is 13.4. The first-order valence-corrected chi connectivity index (χ1v) is 10.4. The summed E-state index contributed by atoms with van der Waals surface area (Å²) >= 11 is 0. The van der Waals surface area contributed by atoms with Gasteiger partial charge in [-0.1, -0.05) is 56.3 Å². The quantitative estimate of drug-likeness (QED) is 0.526. The Bertz CT molecular complexity index is 1230. The Labute approximate surface area is 188 Å². The zero-order valence-electron chi connectivity index (χ0n) is 18.3. The molecule has 4 rings (SSSR count). The highest BCUT2D eigenvalue weighted by Crippen LogP contribution is 2.55. The lowest BCUT2D eigenvalue weighted by atomic mass is 9.63. The van der Waals surface area contributed by atoms with Crippen LogP contribution in [-0.2, 0) is 11.0 Å². The molecule has 0 heterocycles. The Kier molecular flexibility index (Phi) is 5.40. The third-order valence-corrected chi connectivity index (χ3v) is 6.41. The van der Waals surface area contributed by atoms with Gasteiger partial charge in [0, 0.05) is 11.1 Å². The average molecular weight is 461 g/mol. The third-order valence-electron chi connectivity index (χ3n) is 6.41. The van der Waals surface area contributed by atoms with Crippen molar-refractivity contribution >= 4 is 16.7 Å². The van der Waals surface area contributed by atoms with Gasteiger partial charge in [0.15, 0.2) is 17.1 Å². The van der Waals surface area contributed by atoms with E-state index in [-0.39, 0.29) is 23.3 Å². The molecule has 1 aliphatic carbocycles. The molecule has 2 N–H and O–H groups in total. The van der Waals surface area contributed by atoms with E-state index in [1.165, 1.54) is 13.2 Å². The average Bonchev–Trinajstić information content (AvgIpc) is 2.74. The zero-order chi connectivity index (χ0) is 24.2. The lowest BCUT2D eigenvalue weighted by molar-refractivity contribution is -0.231. The van der Waals surface area contributed by atoms with Crippen molar-refractivity contribution in [2.24, 2.45) is 0 Å². The van der Waals surface area contributed by atoms with E-state index in [2.05, 4.69) is 5.32 Å². The number of amides is 1. The van der Waals surface area contributed by atoms with Crippen LogP contribution >= 0.6 is 0 Å². The number of aliphatic hydroxyl groups excluding tert-OH is 1. The fraction of sp³-hybridized carbons (Fsp3) is 0.320. The summed E-state index contributed by atoms with van der Waals surface area (Å²) in [5, 5.41) is 14.2. The Hall–Kier alpha value is -3.13. The van der Waals surface area contributed by atoms with Crippen molar-refractivity contribution in [1.29, 1.82) is 0 Å². The first-order chi connectivity index (χ1) is 15.4. The smallest absolute Gasteiger partial charge is 0.418 e. The summed E-state index contributed by atoms with van der Waals surface area (Å²) < 4.78 is 64.0. The Morgan fingerprint density at radius 1 is 1.09 bits per heavy atom. The molecule has 0 saturated carbocycles. The van der Waals surface area contributed by atoms with Crippen molar-refractivity contribution < 1.29 is 32.2 Å². The molecule has 0 aromatic heterocycles. The molecule has 174 valence electrons. The molecule has 3 aromatic rings. The molecule has 0 fully saturated rings. The van der Waals surface area contributed by atoms with Crippen LogP contribution in [0.5, 0.6) is 5.75 Å². The van der Waals surface area contributed by atoms with Gasteiger partial charge in [0.05, 0.1) is 13.2 Å². The highest BCUT2D eigenvalue weighted by Gasteiger charge is 2.66. The second kappa shape index (κ2) is 7.73. The number of methoxy groups -OCH3 is 1. The minimum Gasteiger partial charge on any atom is -0.493 e. The van der Waals surface area contributed by atoms with Crippen LogP contribution in [-0.4, -0.2) is 30.4 Å². The molecule has 0 aliphatic heterocycles. The van der Waals surface area contributed by atoms with Crippen LogP contribution in [0.1, 0.15) is 41.8 Å². The molecule has 0 spiro atoms. The predicted molar refractivity (Wildman–Crippen MR) is 116 cm³/mol. The third kappa shape index (κ3) is 3.44. The van der Waals surface area contributed by atoms with Crippen LogP contribution in [0, 0.1) is 5.82 Å². The number of nitrogens with one attached hydrogen (secondary N) is 1. The van der Waals surface area contributed by atoms with Crippen LogP contribution in [0.4, 0.5) is 17.6 Å². The molecule has 2 unspecified atom stereocenters. The van der Waals surface area contributed by atoms with E-state index < -0.39 is 40.5 Å². The van der Waals surface area contributed by atoms with Gasteiger partial charge >= 0.3 is 6.18 Å². The van der Waals surface area contributed by atoms with Gasteiger partial charge in [0.2, 0.25) is 0 Å². The standard InChI is InChI=1S/C25H23F4NO3/c1-23(2)13-19(31)24(25(27,28)29,17-11-12-18(26)21(33-3)20(17)23)30-22(32)16-10-6-8-14-7-4-5-9-15(14)16/h4-12,19,31H,13H2,1-3H3,(H,30,32). The monoisotopic (exact) mass is 461 g/mol. The molecular formula is C25H23F4NO3. The molecule has 0 bridgehead atoms. The first kappa shape index (κ1) is 23.0. The number of ether oxygens (including phenoxy) is 1. The van der Waals surface area contributed by atoms with Crippen molar-refractivity contribution in [3.63, 3.8) is 0 Å². The minimum absolute atomic E-state index is 0.0318. The summed E-state index contributed by atoms with van der Waals surface area (Å²) in [6.07, 6.45) is -7.50. The summed E-state index contributed by atoms with van der Waals surface area (Å²) in [7, 11) is 1.17. The van der Waals surface area contributed by atoms with E-state index >= 15 is 0 Å². The highest BCUT2D eigenvalue weighted by atomic mass is 19.4. The molecule has 1 amide bonds. The Morgan fingerprint density at radius 3 is 2.42 bits per heavy atom. The van der Waals surface area contributed by atoms with Gasteiger partial charge in [-0.15, -0.1) is 0 Å². The van der Waals surface area contributed by atoms with Crippen LogP contribution < -0.4 is 10.1 Å². The van der Waals surface area contributed by atoms with Crippen molar-refractivity contribution in [3.05, 3.63) is 77.1 Å². The fourth-order valence-electron chi connectivity index (χ4n) is 4.91. The van der Waals surface area contributed by atoms with E-state index in [4.69, 9.17) is 4.74 Å². The van der Waals surface area contributed by atoms with Crippen molar-refractivity contribution in [3.8, 4) is 5.75 Å². The van der Waals surface area contributed by atoms with Gasteiger partial charge in [-0.05, 0) is 40.3 Å². The molecule has 1 aliphatic rings. The number of alkyl halides is 3. The number of hydrogen-bond donors (Lipinski definition) is 2. The maximum atomic E-state index is 14.8. The molecule has 3 aromatic carbocycles. The summed E-state index contributed by atoms with van der Waals surface area (Å²) in [5.74, 6) is -2.16. The van der Waals surface area contributed by atoms with E-state index in [1.54, 1.807) is 50.2 Å². The molecule has 2 atom stereocenters. The van der Waals surface area contributed by atoms with E-state index in [1.807, 2.05) is 0 Å². The van der Waals surface area contributed by atoms with Gasteiger partial charge in [0.1, 0.15) is 0 Å². The molecule has 8 heteroatoms. The zero-order valence-corrected chi connectivity index (χ0v) is 18.3. The highest BCUT2D eigenvalue weighted by molar-refractivity contribution is 6.07. The second-order valence-corrected chi connectivity index (χ2v) is 8.89. The number of benzene rings is 3. The lowest BCUT2D eigenvalue weighted by Gasteiger charge is -2.49. The summed E-state index contributed by atoms with van der Waals surface area (Å²) in [6.45, 7) is 3.20. The van der Waals surface area contributed by atoms with Gasteiger partial charge in [0.25, 0.3) is 5.91 Å². The second-order valence-electron chi connectivity index (χ2n) is 8.89. The number of carbonyl (C=O) groups is 1. The molecule has 0 radical (unpaired) electrons. The van der Waals surface area contributed by atoms with Gasteiger partial charge < -0.3 is 15.2 Å². The van der Waals surface area contributed by atoms with Crippen molar-refractivity contribution in [1.82, 2.24) is 5.32 Å². The van der Waals surface area contributed by atoms with Gasteiger partial charge in [-0.25, -0.2) is 4.39 Å². The van der Waals surface area contributed by atoms with Crippen LogP contribution in [0.3, 0.4) is 0 Å². The number of fused-ring (bicyclic) bond motifs is 2. The summed E-state index contributed by atoms with van der Waals surface area (Å²) in [4.78, 5) is 13.3. The van der Waals surface area contributed by atoms with E-state index in [0.29, 0.717) is 10.8 Å². The minimum atomic E-state index is -5.10. The lowest BCUT2D eigenvalue weighted by Crippen LogP contribution is -2.66. The number of rotatable bonds is 3. The Balaban J connectivity index is 1.96. The maximum absolute atomic E-state index is 14.8. The number of halogens is 4. The van der Waals surface area contributed by atoms with Gasteiger partial charge in [-0.3, -0.25) is 4.79 Å². The normalized spacial score (nSPS) is 22.0. The SMILES string of the molecule is COc1c(F)ccc2c1C(C)(C)CC(O)C2(NC(=O)c1cccc2ccccc12)C(F)(F)F. The first-order valence-electron chi connectivity index (χ1n) is 10.4. The fourth-order valence-corrected chi connectivity index (χ4v) is 4.91. The summed E-state index contributed by atoms with van der Waals surface area (Å²) in [5.41, 5.74) is -4.66. The maximum Gasteiger partial charge on any atom is 0.418 e. The van der Waals surface area contributed by atoms with Gasteiger partial charge in [-0.2, -0.15) is 13.2 Å². The number of hydrogen-bond acceptors (Lipinski definition) is 3. The molecule has 0 saturated heterocycles. The van der Waals surface area contributed by atoms with Crippen LogP contribution in [0.2, 0.25) is 0 Å². The van der Waals surface area contributed by atoms with Crippen molar-refractivity contribution in [2.75, 3.05) is 7.11 Å². The number of carbonyl (C=O) groups excluding carboxylic acids is 1. The topological polar surface area (TPSA) is 58.6 Å². The number of aliphatic hydroxyl groups is 1. The van der Waals surface area contributed by atoms with E-state index in [9.17, 15) is 27.5 Å². The molecular weight excluding hydrogens is 438 g/mol.